The van der Waals surface area contributed by atoms with Gasteiger partial charge in [-0.2, -0.15) is 0 Å². The second kappa shape index (κ2) is 8.88. The number of carbonyl (C=O) groups excluding carboxylic acids is 5. The maximum Gasteiger partial charge on any atom is 0.326 e. The van der Waals surface area contributed by atoms with Crippen LogP contribution in [0.1, 0.15) is 16.8 Å². The van der Waals surface area contributed by atoms with Crippen molar-refractivity contribution in [3.8, 4) is 0 Å². The molecule has 0 aromatic heterocycles. The van der Waals surface area contributed by atoms with Crippen molar-refractivity contribution in [3.05, 3.63) is 34.9 Å². The van der Waals surface area contributed by atoms with Crippen molar-refractivity contribution >= 4 is 64.4 Å². The van der Waals surface area contributed by atoms with Gasteiger partial charge in [-0.3, -0.25) is 39.7 Å². The molecule has 1 aromatic rings. The first kappa shape index (κ1) is 22.8. The summed E-state index contributed by atoms with van der Waals surface area (Å²) < 4.78 is 4.83. The Morgan fingerprint density at radius 2 is 1.53 bits per heavy atom. The molecule has 3 aliphatic rings. The smallest absolute Gasteiger partial charge is 0.326 e. The van der Waals surface area contributed by atoms with Crippen molar-refractivity contribution in [2.75, 3.05) is 13.2 Å². The first-order chi connectivity index (χ1) is 15.2. The summed E-state index contributed by atoms with van der Waals surface area (Å²) in [7, 11) is 0. The molecule has 0 radical (unpaired) electrons. The molecule has 2 aliphatic carbocycles. The van der Waals surface area contributed by atoms with Crippen LogP contribution in [0.15, 0.2) is 24.3 Å². The summed E-state index contributed by atoms with van der Waals surface area (Å²) in [6.45, 7) is -1.31. The van der Waals surface area contributed by atoms with Gasteiger partial charge in [0.1, 0.15) is 6.54 Å². The van der Waals surface area contributed by atoms with E-state index in [0.29, 0.717) is 11.4 Å². The molecule has 2 N–H and O–H groups in total. The number of esters is 1. The number of amides is 4. The number of carbonyl (C=O) groups is 5. The van der Waals surface area contributed by atoms with Crippen LogP contribution in [0.3, 0.4) is 0 Å². The van der Waals surface area contributed by atoms with Gasteiger partial charge in [0, 0.05) is 10.6 Å². The summed E-state index contributed by atoms with van der Waals surface area (Å²) in [6, 6.07) is 5.96. The van der Waals surface area contributed by atoms with Crippen molar-refractivity contribution in [1.29, 1.82) is 0 Å². The SMILES string of the molecule is O=C(COC(=O)CN1C(=O)[C@@H]2[C@H]3C[C@@H]([C@H](Cl)[C@H]3Cl)[C@H]2C1=O)NNC(=O)c1ccc(Cl)cc1. The van der Waals surface area contributed by atoms with E-state index in [-0.39, 0.29) is 17.4 Å². The predicted molar refractivity (Wildman–Crippen MR) is 113 cm³/mol. The Hall–Kier alpha value is -2.36. The Labute approximate surface area is 197 Å². The van der Waals surface area contributed by atoms with Crippen molar-refractivity contribution in [1.82, 2.24) is 15.8 Å². The van der Waals surface area contributed by atoms with E-state index < -0.39 is 65.3 Å². The van der Waals surface area contributed by atoms with Crippen LogP contribution in [0.5, 0.6) is 0 Å². The molecule has 1 saturated heterocycles. The fraction of sp³-hybridized carbons (Fsp3) is 0.450. The number of alkyl halides is 2. The number of halogens is 3. The van der Waals surface area contributed by atoms with Gasteiger partial charge in [-0.05, 0) is 42.5 Å². The standard InChI is InChI=1S/C20H18Cl3N3O6/c21-9-3-1-8(2-4-9)18(29)25-24-12(27)7-32-13(28)6-26-19(30)14-10-5-11(15(14)20(26)31)17(23)16(10)22/h1-4,10-11,14-17H,5-7H2,(H,24,27)(H,25,29)/t10-,11-,14-,15-,16+,17+/m1/s1. The maximum atomic E-state index is 12.7. The number of hydrogen-bond acceptors (Lipinski definition) is 6. The number of nitrogens with one attached hydrogen (secondary N) is 2. The van der Waals surface area contributed by atoms with E-state index in [9.17, 15) is 24.0 Å². The number of hydrogen-bond donors (Lipinski definition) is 2. The lowest BCUT2D eigenvalue weighted by atomic mass is 9.80. The van der Waals surface area contributed by atoms with E-state index in [1.54, 1.807) is 0 Å². The number of likely N-dealkylation sites (tertiary alicyclic amines) is 1. The molecule has 32 heavy (non-hydrogen) atoms. The zero-order chi connectivity index (χ0) is 23.2. The Kier molecular flexibility index (Phi) is 6.33. The highest BCUT2D eigenvalue weighted by atomic mass is 35.5. The molecule has 0 unspecified atom stereocenters. The summed E-state index contributed by atoms with van der Waals surface area (Å²) >= 11 is 18.3. The van der Waals surface area contributed by atoms with Crippen LogP contribution >= 0.6 is 34.8 Å². The molecule has 1 aromatic carbocycles. The molecule has 1 aliphatic heterocycles. The second-order valence-electron chi connectivity index (χ2n) is 7.94. The highest BCUT2D eigenvalue weighted by Crippen LogP contribution is 2.59. The van der Waals surface area contributed by atoms with E-state index in [0.717, 1.165) is 4.90 Å². The zero-order valence-corrected chi connectivity index (χ0v) is 18.7. The lowest BCUT2D eigenvalue weighted by molar-refractivity contribution is -0.155. The largest absolute Gasteiger partial charge is 0.454 e. The molecule has 2 saturated carbocycles. The molecule has 9 nitrogen and oxygen atoms in total. The highest BCUT2D eigenvalue weighted by Gasteiger charge is 2.66. The molecule has 4 rings (SSSR count). The molecule has 170 valence electrons. The van der Waals surface area contributed by atoms with Crippen LogP contribution in [0.25, 0.3) is 0 Å². The topological polar surface area (TPSA) is 122 Å². The summed E-state index contributed by atoms with van der Waals surface area (Å²) in [5, 5.41) is -0.328. The fourth-order valence-corrected chi connectivity index (χ4v) is 5.74. The molecular formula is C20H18Cl3N3O6. The predicted octanol–water partition coefficient (Wildman–Crippen LogP) is 1.11. The zero-order valence-electron chi connectivity index (χ0n) is 16.4. The van der Waals surface area contributed by atoms with Gasteiger partial charge in [-0.1, -0.05) is 11.6 Å². The van der Waals surface area contributed by atoms with Crippen LogP contribution in [0, 0.1) is 23.7 Å². The van der Waals surface area contributed by atoms with Crippen molar-refractivity contribution < 1.29 is 28.7 Å². The van der Waals surface area contributed by atoms with Crippen molar-refractivity contribution in [2.45, 2.75) is 17.2 Å². The lowest BCUT2D eigenvalue weighted by Crippen LogP contribution is -2.44. The number of benzene rings is 1. The first-order valence-electron chi connectivity index (χ1n) is 9.82. The van der Waals surface area contributed by atoms with Gasteiger partial charge < -0.3 is 4.74 Å². The van der Waals surface area contributed by atoms with Crippen LogP contribution in [-0.4, -0.2) is 58.4 Å². The third-order valence-corrected chi connectivity index (χ3v) is 7.72. The maximum absolute atomic E-state index is 12.7. The van der Waals surface area contributed by atoms with E-state index in [4.69, 9.17) is 39.5 Å². The van der Waals surface area contributed by atoms with Gasteiger partial charge in [0.2, 0.25) is 11.8 Å². The summed E-state index contributed by atoms with van der Waals surface area (Å²) in [4.78, 5) is 62.1. The Balaban J connectivity index is 1.24. The number of nitrogens with zero attached hydrogens (tertiary/aromatic N) is 1. The number of rotatable bonds is 5. The number of imide groups is 1. The molecular weight excluding hydrogens is 485 g/mol. The Morgan fingerprint density at radius 1 is 0.969 bits per heavy atom. The molecule has 1 heterocycles. The number of fused-ring (bicyclic) bond motifs is 5. The highest BCUT2D eigenvalue weighted by molar-refractivity contribution is 6.31. The molecule has 2 bridgehead atoms. The summed E-state index contributed by atoms with van der Waals surface area (Å²) in [6.07, 6.45) is 0.620. The van der Waals surface area contributed by atoms with E-state index in [1.807, 2.05) is 0 Å². The van der Waals surface area contributed by atoms with E-state index in [1.165, 1.54) is 24.3 Å². The summed E-state index contributed by atoms with van der Waals surface area (Å²) in [5.41, 5.74) is 4.52. The van der Waals surface area contributed by atoms with Gasteiger partial charge in [0.25, 0.3) is 11.8 Å². The van der Waals surface area contributed by atoms with Crippen LogP contribution in [-0.2, 0) is 23.9 Å². The average Bonchev–Trinajstić information content (AvgIpc) is 3.37. The van der Waals surface area contributed by atoms with Gasteiger partial charge >= 0.3 is 5.97 Å². The van der Waals surface area contributed by atoms with Crippen molar-refractivity contribution in [2.24, 2.45) is 23.7 Å². The fourth-order valence-electron chi connectivity index (χ4n) is 4.72. The van der Waals surface area contributed by atoms with Crippen LogP contribution in [0.2, 0.25) is 5.02 Å². The third kappa shape index (κ3) is 4.04. The normalized spacial score (nSPS) is 30.3. The van der Waals surface area contributed by atoms with Gasteiger partial charge in [0.05, 0.1) is 22.6 Å². The van der Waals surface area contributed by atoms with Gasteiger partial charge in [-0.15, -0.1) is 23.2 Å². The van der Waals surface area contributed by atoms with Crippen LogP contribution in [0.4, 0.5) is 0 Å². The van der Waals surface area contributed by atoms with E-state index in [2.05, 4.69) is 10.9 Å². The minimum Gasteiger partial charge on any atom is -0.454 e. The molecule has 0 spiro atoms. The lowest BCUT2D eigenvalue weighted by Gasteiger charge is -2.28. The second-order valence-corrected chi connectivity index (χ2v) is 9.38. The van der Waals surface area contributed by atoms with Crippen LogP contribution < -0.4 is 10.9 Å². The van der Waals surface area contributed by atoms with Gasteiger partial charge in [0.15, 0.2) is 6.61 Å². The first-order valence-corrected chi connectivity index (χ1v) is 11.1. The number of ether oxygens (including phenoxy) is 1. The Bertz CT molecular complexity index is 955. The summed E-state index contributed by atoms with van der Waals surface area (Å²) in [5.74, 6) is -4.76. The quantitative estimate of drug-likeness (QED) is 0.269. The third-order valence-electron chi connectivity index (χ3n) is 6.15. The van der Waals surface area contributed by atoms with E-state index >= 15 is 0 Å². The van der Waals surface area contributed by atoms with Crippen molar-refractivity contribution in [3.63, 3.8) is 0 Å². The minimum absolute atomic E-state index is 0.193. The molecule has 6 atom stereocenters. The average molecular weight is 503 g/mol. The monoisotopic (exact) mass is 501 g/mol. The molecule has 4 amide bonds. The Morgan fingerprint density at radius 3 is 2.09 bits per heavy atom. The minimum atomic E-state index is -0.928. The molecule has 3 fully saturated rings. The number of hydrazine groups is 1. The molecule has 12 heteroatoms. The van der Waals surface area contributed by atoms with Gasteiger partial charge in [-0.25, -0.2) is 0 Å².